The zero-order chi connectivity index (χ0) is 10.9. The van der Waals surface area contributed by atoms with Gasteiger partial charge in [0, 0.05) is 11.3 Å². The minimum atomic E-state index is -1.58. The second kappa shape index (κ2) is 4.25. The van der Waals surface area contributed by atoms with Crippen LogP contribution in [0.15, 0.2) is 12.2 Å². The fourth-order valence-electron chi connectivity index (χ4n) is 1.78. The molecule has 0 amide bonds. The Bertz CT molecular complexity index is 262. The zero-order valence-corrected chi connectivity index (χ0v) is 9.76. The molecule has 0 heterocycles. The molecule has 3 atom stereocenters. The van der Waals surface area contributed by atoms with Crippen molar-refractivity contribution < 1.29 is 4.92 Å². The van der Waals surface area contributed by atoms with Crippen LogP contribution in [0.3, 0.4) is 0 Å². The molecule has 80 valence electrons. The molecule has 0 aliphatic heterocycles. The highest BCUT2D eigenvalue weighted by Crippen LogP contribution is 2.44. The van der Waals surface area contributed by atoms with Crippen molar-refractivity contribution in [1.29, 1.82) is 0 Å². The molecular formula is C8H10Cl3NO2. The van der Waals surface area contributed by atoms with Crippen LogP contribution in [-0.4, -0.2) is 14.8 Å². The average molecular weight is 259 g/mol. The van der Waals surface area contributed by atoms with Crippen LogP contribution in [0.2, 0.25) is 0 Å². The van der Waals surface area contributed by atoms with E-state index in [2.05, 4.69) is 0 Å². The van der Waals surface area contributed by atoms with Crippen molar-refractivity contribution in [3.05, 3.63) is 22.3 Å². The third kappa shape index (κ3) is 2.53. The third-order valence-electron chi connectivity index (χ3n) is 2.45. The Kier molecular flexibility index (Phi) is 3.67. The van der Waals surface area contributed by atoms with Gasteiger partial charge in [0.05, 0.1) is 5.92 Å². The summed E-state index contributed by atoms with van der Waals surface area (Å²) in [7, 11) is 0. The Morgan fingerprint density at radius 3 is 2.43 bits per heavy atom. The summed E-state index contributed by atoms with van der Waals surface area (Å²) in [6.07, 6.45) is 3.95. The highest BCUT2D eigenvalue weighted by molar-refractivity contribution is 6.67. The molecule has 1 rings (SSSR count). The van der Waals surface area contributed by atoms with E-state index in [1.165, 1.54) is 0 Å². The van der Waals surface area contributed by atoms with E-state index in [-0.39, 0.29) is 10.8 Å². The summed E-state index contributed by atoms with van der Waals surface area (Å²) in [5.41, 5.74) is 0. The minimum Gasteiger partial charge on any atom is -0.264 e. The van der Waals surface area contributed by atoms with Crippen molar-refractivity contribution >= 4 is 34.8 Å². The summed E-state index contributed by atoms with van der Waals surface area (Å²) >= 11 is 17.2. The normalized spacial score (nSPS) is 33.0. The van der Waals surface area contributed by atoms with Gasteiger partial charge in [-0.1, -0.05) is 53.9 Å². The van der Waals surface area contributed by atoms with Gasteiger partial charge in [-0.2, -0.15) is 0 Å². The molecule has 0 radical (unpaired) electrons. The van der Waals surface area contributed by atoms with Gasteiger partial charge in [-0.15, -0.1) is 0 Å². The highest BCUT2D eigenvalue weighted by Gasteiger charge is 2.48. The molecule has 1 aliphatic carbocycles. The maximum absolute atomic E-state index is 10.8. The van der Waals surface area contributed by atoms with Crippen LogP contribution in [0.25, 0.3) is 0 Å². The summed E-state index contributed by atoms with van der Waals surface area (Å²) in [4.78, 5) is 10.4. The Morgan fingerprint density at radius 1 is 1.50 bits per heavy atom. The van der Waals surface area contributed by atoms with Crippen LogP contribution < -0.4 is 0 Å². The standard InChI is InChI=1S/C8H10Cl3NO2/c1-5-3-2-4-6(12(13)14)7(5)8(9,10)11/h2-3,5-7H,4H2,1H3. The first kappa shape index (κ1) is 12.1. The quantitative estimate of drug-likeness (QED) is 0.314. The summed E-state index contributed by atoms with van der Waals surface area (Å²) in [5.74, 6) is -0.654. The molecule has 3 unspecified atom stereocenters. The first-order valence-electron chi connectivity index (χ1n) is 4.21. The summed E-state index contributed by atoms with van der Waals surface area (Å²) in [6.45, 7) is 1.82. The van der Waals surface area contributed by atoms with E-state index in [1.54, 1.807) is 6.08 Å². The van der Waals surface area contributed by atoms with Crippen LogP contribution in [0.1, 0.15) is 13.3 Å². The molecular weight excluding hydrogens is 248 g/mol. The monoisotopic (exact) mass is 257 g/mol. The minimum absolute atomic E-state index is 0.0911. The van der Waals surface area contributed by atoms with Gasteiger partial charge in [-0.05, 0) is 5.92 Å². The molecule has 3 nitrogen and oxygen atoms in total. The lowest BCUT2D eigenvalue weighted by Gasteiger charge is -2.32. The zero-order valence-electron chi connectivity index (χ0n) is 7.49. The lowest BCUT2D eigenvalue weighted by Crippen LogP contribution is -2.42. The first-order chi connectivity index (χ1) is 6.34. The predicted molar refractivity (Wildman–Crippen MR) is 57.5 cm³/mol. The molecule has 0 saturated carbocycles. The van der Waals surface area contributed by atoms with Crippen molar-refractivity contribution in [3.8, 4) is 0 Å². The van der Waals surface area contributed by atoms with Crippen molar-refractivity contribution in [2.75, 3.05) is 0 Å². The molecule has 0 fully saturated rings. The number of hydrogen-bond donors (Lipinski definition) is 0. The Balaban J connectivity index is 2.96. The topological polar surface area (TPSA) is 43.1 Å². The maximum atomic E-state index is 10.8. The second-order valence-electron chi connectivity index (χ2n) is 3.44. The van der Waals surface area contributed by atoms with Gasteiger partial charge < -0.3 is 0 Å². The Labute approximate surface area is 97.2 Å². The van der Waals surface area contributed by atoms with Crippen LogP contribution in [-0.2, 0) is 0 Å². The number of alkyl halides is 3. The SMILES string of the molecule is CC1C=CCC([N+](=O)[O-])C1C(Cl)(Cl)Cl. The van der Waals surface area contributed by atoms with Gasteiger partial charge in [0.1, 0.15) is 0 Å². The molecule has 0 spiro atoms. The molecule has 0 saturated heterocycles. The molecule has 1 aliphatic rings. The van der Waals surface area contributed by atoms with E-state index in [1.807, 2.05) is 13.0 Å². The average Bonchev–Trinajstić information content (AvgIpc) is 2.01. The van der Waals surface area contributed by atoms with Crippen molar-refractivity contribution in [2.45, 2.75) is 23.2 Å². The Hall–Kier alpha value is 0.01000. The van der Waals surface area contributed by atoms with Crippen molar-refractivity contribution in [2.24, 2.45) is 11.8 Å². The number of allylic oxidation sites excluding steroid dienone is 1. The lowest BCUT2D eigenvalue weighted by molar-refractivity contribution is -0.533. The van der Waals surface area contributed by atoms with Gasteiger partial charge in [0.25, 0.3) is 0 Å². The van der Waals surface area contributed by atoms with E-state index in [4.69, 9.17) is 34.8 Å². The lowest BCUT2D eigenvalue weighted by atomic mass is 9.82. The van der Waals surface area contributed by atoms with E-state index >= 15 is 0 Å². The smallest absolute Gasteiger partial charge is 0.223 e. The molecule has 0 aromatic heterocycles. The molecule has 0 aromatic rings. The van der Waals surface area contributed by atoms with Gasteiger partial charge in [0.15, 0.2) is 3.79 Å². The van der Waals surface area contributed by atoms with Crippen molar-refractivity contribution in [1.82, 2.24) is 0 Å². The molecule has 0 aromatic carbocycles. The van der Waals surface area contributed by atoms with Crippen LogP contribution in [0.4, 0.5) is 0 Å². The maximum Gasteiger partial charge on any atom is 0.223 e. The largest absolute Gasteiger partial charge is 0.264 e. The summed E-state index contributed by atoms with van der Waals surface area (Å²) < 4.78 is -1.58. The number of halogens is 3. The third-order valence-corrected chi connectivity index (χ3v) is 3.20. The summed E-state index contributed by atoms with van der Waals surface area (Å²) in [5, 5.41) is 10.8. The van der Waals surface area contributed by atoms with Gasteiger partial charge in [0.2, 0.25) is 6.04 Å². The molecule has 0 N–H and O–H groups in total. The first-order valence-corrected chi connectivity index (χ1v) is 5.34. The van der Waals surface area contributed by atoms with E-state index < -0.39 is 15.8 Å². The number of nitro groups is 1. The molecule has 0 bridgehead atoms. The van der Waals surface area contributed by atoms with Crippen LogP contribution in [0, 0.1) is 22.0 Å². The van der Waals surface area contributed by atoms with Crippen LogP contribution in [0.5, 0.6) is 0 Å². The van der Waals surface area contributed by atoms with E-state index in [0.29, 0.717) is 6.42 Å². The molecule has 6 heteroatoms. The number of hydrogen-bond acceptors (Lipinski definition) is 2. The number of nitrogens with zero attached hydrogens (tertiary/aromatic N) is 1. The highest BCUT2D eigenvalue weighted by atomic mass is 35.6. The predicted octanol–water partition coefficient (Wildman–Crippen LogP) is 3.21. The van der Waals surface area contributed by atoms with E-state index in [0.717, 1.165) is 0 Å². The molecule has 14 heavy (non-hydrogen) atoms. The van der Waals surface area contributed by atoms with Gasteiger partial charge in [-0.25, -0.2) is 0 Å². The summed E-state index contributed by atoms with van der Waals surface area (Å²) in [6, 6.07) is -0.803. The second-order valence-corrected chi connectivity index (χ2v) is 5.81. The Morgan fingerprint density at radius 2 is 2.07 bits per heavy atom. The number of rotatable bonds is 1. The van der Waals surface area contributed by atoms with Crippen molar-refractivity contribution in [3.63, 3.8) is 0 Å². The fraction of sp³-hybridized carbons (Fsp3) is 0.750. The van der Waals surface area contributed by atoms with E-state index in [9.17, 15) is 10.1 Å². The van der Waals surface area contributed by atoms with Gasteiger partial charge in [-0.3, -0.25) is 10.1 Å². The van der Waals surface area contributed by atoms with Gasteiger partial charge >= 0.3 is 0 Å². The fourth-order valence-corrected chi connectivity index (χ4v) is 2.82. The van der Waals surface area contributed by atoms with Crippen LogP contribution >= 0.6 is 34.8 Å².